The number of rotatable bonds is 6. The predicted molar refractivity (Wildman–Crippen MR) is 79.7 cm³/mol. The molecular formula is C16H21N3O3. The maximum Gasteiger partial charge on any atom is 0.235 e. The molecule has 2 aliphatic rings. The topological polar surface area (TPSA) is 80.3 Å². The fourth-order valence-corrected chi connectivity index (χ4v) is 2.72. The van der Waals surface area contributed by atoms with Crippen molar-refractivity contribution in [3.05, 3.63) is 30.1 Å². The zero-order valence-electron chi connectivity index (χ0n) is 12.5. The molecule has 1 aromatic heterocycles. The van der Waals surface area contributed by atoms with Crippen molar-refractivity contribution in [2.24, 2.45) is 5.41 Å². The van der Waals surface area contributed by atoms with Crippen molar-refractivity contribution in [2.45, 2.75) is 38.3 Å². The highest BCUT2D eigenvalue weighted by Crippen LogP contribution is 2.46. The van der Waals surface area contributed by atoms with Gasteiger partial charge in [-0.25, -0.2) is 0 Å². The van der Waals surface area contributed by atoms with E-state index in [-0.39, 0.29) is 17.9 Å². The zero-order valence-corrected chi connectivity index (χ0v) is 12.5. The van der Waals surface area contributed by atoms with Crippen molar-refractivity contribution in [2.75, 3.05) is 13.2 Å². The molecule has 1 saturated heterocycles. The Morgan fingerprint density at radius 1 is 1.23 bits per heavy atom. The molecule has 1 aliphatic heterocycles. The van der Waals surface area contributed by atoms with E-state index in [1.54, 1.807) is 12.4 Å². The summed E-state index contributed by atoms with van der Waals surface area (Å²) < 4.78 is 5.48. The summed E-state index contributed by atoms with van der Waals surface area (Å²) >= 11 is 0. The summed E-state index contributed by atoms with van der Waals surface area (Å²) in [7, 11) is 0. The minimum atomic E-state index is -0.869. The number of nitrogens with zero attached hydrogens (tertiary/aromatic N) is 1. The molecule has 2 N–H and O–H groups in total. The number of amides is 2. The fraction of sp³-hybridized carbons (Fsp3) is 0.562. The van der Waals surface area contributed by atoms with E-state index in [1.165, 1.54) is 0 Å². The first-order valence-corrected chi connectivity index (χ1v) is 7.78. The van der Waals surface area contributed by atoms with E-state index >= 15 is 0 Å². The molecule has 1 atom stereocenters. The normalized spacial score (nSPS) is 22.1. The van der Waals surface area contributed by atoms with Gasteiger partial charge in [0.1, 0.15) is 5.41 Å². The van der Waals surface area contributed by atoms with Gasteiger partial charge in [0, 0.05) is 32.1 Å². The Balaban J connectivity index is 1.49. The number of carbonyl (C=O) groups excluding carboxylic acids is 2. The van der Waals surface area contributed by atoms with Gasteiger partial charge >= 0.3 is 0 Å². The Kier molecular flexibility index (Phi) is 4.38. The number of ether oxygens (including phenoxy) is 1. The van der Waals surface area contributed by atoms with Crippen LogP contribution in [0, 0.1) is 5.41 Å². The Morgan fingerprint density at radius 3 is 2.59 bits per heavy atom. The quantitative estimate of drug-likeness (QED) is 0.761. The van der Waals surface area contributed by atoms with E-state index in [9.17, 15) is 9.59 Å². The van der Waals surface area contributed by atoms with Crippen LogP contribution in [0.15, 0.2) is 24.5 Å². The highest BCUT2D eigenvalue weighted by atomic mass is 16.5. The maximum atomic E-state index is 12.3. The Labute approximate surface area is 129 Å². The summed E-state index contributed by atoms with van der Waals surface area (Å²) in [6, 6.07) is 3.69. The summed E-state index contributed by atoms with van der Waals surface area (Å²) in [5.41, 5.74) is 0.102. The standard InChI is InChI=1S/C16H21N3O3/c20-14(18-10-12-3-7-17-8-4-12)16(5-6-16)15(21)19-11-13-2-1-9-22-13/h3-4,7-8,13H,1-2,5-6,9-11H2,(H,18,20)(H,19,21). The molecule has 6 heteroatoms. The van der Waals surface area contributed by atoms with Gasteiger partial charge in [0.05, 0.1) is 6.10 Å². The smallest absolute Gasteiger partial charge is 0.235 e. The van der Waals surface area contributed by atoms with Gasteiger partial charge in [0.2, 0.25) is 11.8 Å². The molecule has 0 bridgehead atoms. The Bertz CT molecular complexity index is 537. The molecule has 1 saturated carbocycles. The van der Waals surface area contributed by atoms with Crippen molar-refractivity contribution >= 4 is 11.8 Å². The van der Waals surface area contributed by atoms with Gasteiger partial charge in [-0.2, -0.15) is 0 Å². The molecule has 6 nitrogen and oxygen atoms in total. The van der Waals surface area contributed by atoms with Crippen molar-refractivity contribution < 1.29 is 14.3 Å². The van der Waals surface area contributed by atoms with Crippen molar-refractivity contribution in [3.63, 3.8) is 0 Å². The number of aromatic nitrogens is 1. The first-order chi connectivity index (χ1) is 10.7. The van der Waals surface area contributed by atoms with Gasteiger partial charge < -0.3 is 15.4 Å². The molecule has 0 spiro atoms. The molecule has 118 valence electrons. The van der Waals surface area contributed by atoms with Crippen LogP contribution in [0.5, 0.6) is 0 Å². The molecule has 2 heterocycles. The van der Waals surface area contributed by atoms with Crippen LogP contribution in [-0.2, 0) is 20.9 Å². The van der Waals surface area contributed by atoms with E-state index in [4.69, 9.17) is 4.74 Å². The van der Waals surface area contributed by atoms with E-state index in [0.29, 0.717) is 25.9 Å². The predicted octanol–water partition coefficient (Wildman–Crippen LogP) is 0.773. The summed E-state index contributed by atoms with van der Waals surface area (Å²) in [5, 5.41) is 5.72. The monoisotopic (exact) mass is 303 g/mol. The third-order valence-electron chi connectivity index (χ3n) is 4.34. The first kappa shape index (κ1) is 15.0. The van der Waals surface area contributed by atoms with E-state index in [0.717, 1.165) is 25.0 Å². The van der Waals surface area contributed by atoms with Crippen LogP contribution in [0.1, 0.15) is 31.2 Å². The van der Waals surface area contributed by atoms with Crippen LogP contribution in [0.25, 0.3) is 0 Å². The maximum absolute atomic E-state index is 12.3. The second-order valence-electron chi connectivity index (χ2n) is 5.97. The van der Waals surface area contributed by atoms with E-state index in [1.807, 2.05) is 12.1 Å². The van der Waals surface area contributed by atoms with Gasteiger partial charge in [-0.3, -0.25) is 14.6 Å². The van der Waals surface area contributed by atoms with Crippen LogP contribution < -0.4 is 10.6 Å². The molecule has 1 aliphatic carbocycles. The second-order valence-corrected chi connectivity index (χ2v) is 5.97. The highest BCUT2D eigenvalue weighted by molar-refractivity contribution is 6.07. The summed E-state index contributed by atoms with van der Waals surface area (Å²) in [6.45, 7) is 1.68. The molecule has 0 radical (unpaired) electrons. The van der Waals surface area contributed by atoms with Crippen LogP contribution in [0.3, 0.4) is 0 Å². The number of hydrogen-bond acceptors (Lipinski definition) is 4. The van der Waals surface area contributed by atoms with Gasteiger partial charge in [0.15, 0.2) is 0 Å². The van der Waals surface area contributed by atoms with Crippen molar-refractivity contribution in [1.82, 2.24) is 15.6 Å². The molecule has 3 rings (SSSR count). The molecule has 1 aromatic rings. The highest BCUT2D eigenvalue weighted by Gasteiger charge is 2.56. The lowest BCUT2D eigenvalue weighted by Gasteiger charge is -2.17. The third kappa shape index (κ3) is 3.27. The lowest BCUT2D eigenvalue weighted by Crippen LogP contribution is -2.44. The third-order valence-corrected chi connectivity index (χ3v) is 4.34. The van der Waals surface area contributed by atoms with Gasteiger partial charge in [0.25, 0.3) is 0 Å². The molecule has 22 heavy (non-hydrogen) atoms. The van der Waals surface area contributed by atoms with Crippen LogP contribution in [0.4, 0.5) is 0 Å². The van der Waals surface area contributed by atoms with Gasteiger partial charge in [-0.05, 0) is 43.4 Å². The molecule has 2 fully saturated rings. The Morgan fingerprint density at radius 2 is 1.95 bits per heavy atom. The van der Waals surface area contributed by atoms with Crippen molar-refractivity contribution in [1.29, 1.82) is 0 Å². The number of carbonyl (C=O) groups is 2. The average molecular weight is 303 g/mol. The largest absolute Gasteiger partial charge is 0.376 e. The SMILES string of the molecule is O=C(NCc1ccncc1)C1(C(=O)NCC2CCCO2)CC1. The number of pyridine rings is 1. The summed E-state index contributed by atoms with van der Waals surface area (Å²) in [5.74, 6) is -0.357. The minimum absolute atomic E-state index is 0.0969. The zero-order chi connectivity index (χ0) is 15.4. The fourth-order valence-electron chi connectivity index (χ4n) is 2.72. The summed E-state index contributed by atoms with van der Waals surface area (Å²) in [6.07, 6.45) is 6.71. The van der Waals surface area contributed by atoms with E-state index < -0.39 is 5.41 Å². The van der Waals surface area contributed by atoms with Crippen LogP contribution in [-0.4, -0.2) is 36.1 Å². The average Bonchev–Trinajstić information content (AvgIpc) is 3.21. The van der Waals surface area contributed by atoms with Gasteiger partial charge in [-0.15, -0.1) is 0 Å². The molecule has 0 aromatic carbocycles. The minimum Gasteiger partial charge on any atom is -0.376 e. The summed E-state index contributed by atoms with van der Waals surface area (Å²) in [4.78, 5) is 28.6. The molecular weight excluding hydrogens is 282 g/mol. The number of nitrogens with one attached hydrogen (secondary N) is 2. The second kappa shape index (κ2) is 6.44. The van der Waals surface area contributed by atoms with Gasteiger partial charge in [-0.1, -0.05) is 0 Å². The van der Waals surface area contributed by atoms with E-state index in [2.05, 4.69) is 15.6 Å². The molecule has 2 amide bonds. The molecule has 1 unspecified atom stereocenters. The first-order valence-electron chi connectivity index (χ1n) is 7.78. The lowest BCUT2D eigenvalue weighted by atomic mass is 10.0. The number of hydrogen-bond donors (Lipinski definition) is 2. The van der Waals surface area contributed by atoms with Crippen molar-refractivity contribution in [3.8, 4) is 0 Å². The Hall–Kier alpha value is -1.95. The lowest BCUT2D eigenvalue weighted by molar-refractivity contribution is -0.137. The van der Waals surface area contributed by atoms with Crippen LogP contribution in [0.2, 0.25) is 0 Å². The van der Waals surface area contributed by atoms with Crippen LogP contribution >= 0.6 is 0 Å².